The maximum atomic E-state index is 4.85. The number of benzene rings is 1. The average Bonchev–Trinajstić information content (AvgIpc) is 2.61. The zero-order chi connectivity index (χ0) is 16.1. The molecule has 2 heteroatoms. The minimum atomic E-state index is 0.819. The second-order valence-corrected chi connectivity index (χ2v) is 6.84. The van der Waals surface area contributed by atoms with Crippen molar-refractivity contribution < 1.29 is 0 Å². The van der Waals surface area contributed by atoms with E-state index in [2.05, 4.69) is 49.3 Å². The van der Waals surface area contributed by atoms with E-state index in [-0.39, 0.29) is 0 Å². The molecule has 1 aromatic carbocycles. The summed E-state index contributed by atoms with van der Waals surface area (Å²) >= 11 is 0. The van der Waals surface area contributed by atoms with E-state index in [0.29, 0.717) is 0 Å². The van der Waals surface area contributed by atoms with Crippen molar-refractivity contribution in [1.82, 2.24) is 9.97 Å². The Hall–Kier alpha value is -1.70. The van der Waals surface area contributed by atoms with Crippen molar-refractivity contribution >= 4 is 0 Å². The molecule has 0 saturated carbocycles. The van der Waals surface area contributed by atoms with Crippen LogP contribution < -0.4 is 0 Å². The maximum Gasteiger partial charge on any atom is 0.159 e. The summed E-state index contributed by atoms with van der Waals surface area (Å²) in [6.45, 7) is 4.53. The fraction of sp³-hybridized carbons (Fsp3) is 0.524. The largest absolute Gasteiger partial charge is 0.236 e. The highest BCUT2D eigenvalue weighted by Gasteiger charge is 2.19. The molecule has 0 spiro atoms. The Morgan fingerprint density at radius 2 is 1.91 bits per heavy atom. The van der Waals surface area contributed by atoms with Gasteiger partial charge in [-0.3, -0.25) is 0 Å². The molecule has 23 heavy (non-hydrogen) atoms. The maximum absolute atomic E-state index is 4.85. The summed E-state index contributed by atoms with van der Waals surface area (Å²) in [6, 6.07) is 8.84. The lowest BCUT2D eigenvalue weighted by molar-refractivity contribution is 0.439. The van der Waals surface area contributed by atoms with E-state index in [1.165, 1.54) is 55.3 Å². The van der Waals surface area contributed by atoms with Crippen molar-refractivity contribution in [3.05, 3.63) is 47.3 Å². The third-order valence-electron chi connectivity index (χ3n) is 5.11. The summed E-state index contributed by atoms with van der Waals surface area (Å²) in [4.78, 5) is 9.47. The first-order valence-corrected chi connectivity index (χ1v) is 9.24. The van der Waals surface area contributed by atoms with Crippen LogP contribution in [0.15, 0.2) is 30.5 Å². The summed E-state index contributed by atoms with van der Waals surface area (Å²) in [6.07, 6.45) is 11.9. The number of aromatic nitrogens is 2. The zero-order valence-electron chi connectivity index (χ0n) is 14.5. The van der Waals surface area contributed by atoms with Gasteiger partial charge in [-0.25, -0.2) is 9.97 Å². The van der Waals surface area contributed by atoms with Crippen molar-refractivity contribution in [1.29, 1.82) is 0 Å². The molecule has 1 unspecified atom stereocenters. The minimum Gasteiger partial charge on any atom is -0.236 e. The van der Waals surface area contributed by atoms with Gasteiger partial charge in [0.1, 0.15) is 0 Å². The number of fused-ring (bicyclic) bond motifs is 1. The van der Waals surface area contributed by atoms with Crippen molar-refractivity contribution in [2.75, 3.05) is 0 Å². The fourth-order valence-corrected chi connectivity index (χ4v) is 3.47. The Balaban J connectivity index is 1.72. The van der Waals surface area contributed by atoms with Crippen LogP contribution in [0.2, 0.25) is 0 Å². The molecule has 122 valence electrons. The fourth-order valence-electron chi connectivity index (χ4n) is 3.47. The lowest BCUT2D eigenvalue weighted by Gasteiger charge is -2.22. The molecule has 1 atom stereocenters. The van der Waals surface area contributed by atoms with Gasteiger partial charge in [0.25, 0.3) is 0 Å². The summed E-state index contributed by atoms with van der Waals surface area (Å²) in [7, 11) is 0. The van der Waals surface area contributed by atoms with Gasteiger partial charge < -0.3 is 0 Å². The van der Waals surface area contributed by atoms with Crippen LogP contribution in [0.3, 0.4) is 0 Å². The van der Waals surface area contributed by atoms with Gasteiger partial charge in [0.05, 0.1) is 0 Å². The number of rotatable bonds is 6. The number of hydrogen-bond acceptors (Lipinski definition) is 2. The van der Waals surface area contributed by atoms with Gasteiger partial charge in [0, 0.05) is 17.5 Å². The van der Waals surface area contributed by atoms with Crippen LogP contribution in [0.5, 0.6) is 0 Å². The molecule has 0 amide bonds. The number of nitrogens with zero attached hydrogens (tertiary/aromatic N) is 2. The van der Waals surface area contributed by atoms with Crippen molar-refractivity contribution in [3.8, 4) is 11.4 Å². The van der Waals surface area contributed by atoms with E-state index in [9.17, 15) is 0 Å². The molecule has 0 saturated heterocycles. The van der Waals surface area contributed by atoms with Gasteiger partial charge in [-0.2, -0.15) is 0 Å². The average molecular weight is 308 g/mol. The molecule has 0 N–H and O–H groups in total. The smallest absolute Gasteiger partial charge is 0.159 e. The Bertz CT molecular complexity index is 631. The quantitative estimate of drug-likeness (QED) is 0.668. The summed E-state index contributed by atoms with van der Waals surface area (Å²) < 4.78 is 0. The molecule has 3 rings (SSSR count). The van der Waals surface area contributed by atoms with Crippen molar-refractivity contribution in [2.45, 2.75) is 65.2 Å². The van der Waals surface area contributed by atoms with Gasteiger partial charge in [-0.05, 0) is 49.1 Å². The van der Waals surface area contributed by atoms with Crippen LogP contribution >= 0.6 is 0 Å². The zero-order valence-corrected chi connectivity index (χ0v) is 14.5. The monoisotopic (exact) mass is 308 g/mol. The van der Waals surface area contributed by atoms with Crippen molar-refractivity contribution in [2.24, 2.45) is 5.92 Å². The van der Waals surface area contributed by atoms with E-state index in [4.69, 9.17) is 4.98 Å². The molecule has 1 aromatic heterocycles. The summed E-state index contributed by atoms with van der Waals surface area (Å²) in [5.41, 5.74) is 5.20. The first kappa shape index (κ1) is 16.2. The summed E-state index contributed by atoms with van der Waals surface area (Å²) in [5.74, 6) is 1.71. The molecule has 0 bridgehead atoms. The second-order valence-electron chi connectivity index (χ2n) is 6.84. The van der Waals surface area contributed by atoms with Crippen LogP contribution in [-0.4, -0.2) is 9.97 Å². The highest BCUT2D eigenvalue weighted by atomic mass is 14.9. The van der Waals surface area contributed by atoms with Crippen LogP contribution in [0.4, 0.5) is 0 Å². The molecule has 1 aliphatic rings. The number of hydrogen-bond donors (Lipinski definition) is 0. The third-order valence-corrected chi connectivity index (χ3v) is 5.11. The van der Waals surface area contributed by atoms with Crippen LogP contribution in [0.1, 0.15) is 62.8 Å². The highest BCUT2D eigenvalue weighted by molar-refractivity contribution is 5.55. The molecule has 2 aromatic rings. The predicted octanol–water partition coefficient (Wildman–Crippen LogP) is 5.39. The lowest BCUT2D eigenvalue weighted by atomic mass is 9.86. The lowest BCUT2D eigenvalue weighted by Crippen LogP contribution is -2.15. The van der Waals surface area contributed by atoms with Gasteiger partial charge in [-0.1, -0.05) is 57.4 Å². The molecule has 0 fully saturated rings. The topological polar surface area (TPSA) is 25.8 Å². The Kier molecular flexibility index (Phi) is 5.43. The second kappa shape index (κ2) is 7.72. The molecular weight excluding hydrogens is 280 g/mol. The van der Waals surface area contributed by atoms with E-state index in [0.717, 1.165) is 30.1 Å². The third kappa shape index (κ3) is 3.99. The Morgan fingerprint density at radius 3 is 2.65 bits per heavy atom. The molecule has 1 aliphatic carbocycles. The Morgan fingerprint density at radius 1 is 1.09 bits per heavy atom. The SMILES string of the molecule is CCCCCc1ccc(-c2ncc3c(n2)CCC(CC)C3)cc1. The van der Waals surface area contributed by atoms with Gasteiger partial charge >= 0.3 is 0 Å². The molecule has 2 nitrogen and oxygen atoms in total. The van der Waals surface area contributed by atoms with Crippen LogP contribution in [0, 0.1) is 5.92 Å². The molecular formula is C21H28N2. The highest BCUT2D eigenvalue weighted by Crippen LogP contribution is 2.27. The minimum absolute atomic E-state index is 0.819. The van der Waals surface area contributed by atoms with Crippen LogP contribution in [0.25, 0.3) is 11.4 Å². The van der Waals surface area contributed by atoms with Gasteiger partial charge in [0.15, 0.2) is 5.82 Å². The number of unbranched alkanes of at least 4 members (excludes halogenated alkanes) is 2. The van der Waals surface area contributed by atoms with Crippen LogP contribution in [-0.2, 0) is 19.3 Å². The molecule has 1 heterocycles. The van der Waals surface area contributed by atoms with E-state index < -0.39 is 0 Å². The number of aryl methyl sites for hydroxylation is 2. The first-order valence-electron chi connectivity index (χ1n) is 9.24. The normalized spacial score (nSPS) is 17.0. The van der Waals surface area contributed by atoms with E-state index >= 15 is 0 Å². The van der Waals surface area contributed by atoms with E-state index in [1.54, 1.807) is 0 Å². The predicted molar refractivity (Wildman–Crippen MR) is 96.5 cm³/mol. The standard InChI is InChI=1S/C21H28N2/c1-3-5-6-7-17-8-11-18(12-9-17)21-22-15-19-14-16(4-2)10-13-20(19)23-21/h8-9,11-12,15-16H,3-7,10,13-14H2,1-2H3. The summed E-state index contributed by atoms with van der Waals surface area (Å²) in [5, 5.41) is 0. The van der Waals surface area contributed by atoms with E-state index in [1.807, 2.05) is 0 Å². The van der Waals surface area contributed by atoms with Crippen molar-refractivity contribution in [3.63, 3.8) is 0 Å². The van der Waals surface area contributed by atoms with Gasteiger partial charge in [0.2, 0.25) is 0 Å². The molecule has 0 aliphatic heterocycles. The Labute approximate surface area is 140 Å². The molecule has 0 radical (unpaired) electrons. The first-order chi connectivity index (χ1) is 11.3. The van der Waals surface area contributed by atoms with Gasteiger partial charge in [-0.15, -0.1) is 0 Å².